The minimum atomic E-state index is -0.966. The van der Waals surface area contributed by atoms with E-state index in [9.17, 15) is 19.2 Å². The number of rotatable bonds is 6. The smallest absolute Gasteiger partial charge is 0.331 e. The Morgan fingerprint density at radius 3 is 2.52 bits per heavy atom. The van der Waals surface area contributed by atoms with Gasteiger partial charge in [0.15, 0.2) is 6.10 Å². The second kappa shape index (κ2) is 10.9. The van der Waals surface area contributed by atoms with Gasteiger partial charge in [0.25, 0.3) is 11.5 Å². The number of nitrogens with one attached hydrogen (secondary N) is 2. The number of nitriles is 1. The molecule has 1 aliphatic carbocycles. The van der Waals surface area contributed by atoms with Gasteiger partial charge in [-0.25, -0.2) is 14.0 Å². The molecular weight excluding hydrogens is 519 g/mol. The number of benzene rings is 2. The number of amides is 3. The van der Waals surface area contributed by atoms with Crippen LogP contribution in [0, 0.1) is 23.1 Å². The third kappa shape index (κ3) is 5.46. The van der Waals surface area contributed by atoms with Crippen LogP contribution in [0.1, 0.15) is 38.3 Å². The van der Waals surface area contributed by atoms with Gasteiger partial charge in [0.1, 0.15) is 5.82 Å². The Morgan fingerprint density at radius 1 is 1.15 bits per heavy atom. The van der Waals surface area contributed by atoms with E-state index in [0.29, 0.717) is 17.8 Å². The zero-order chi connectivity index (χ0) is 28.6. The molecule has 1 aromatic heterocycles. The number of urea groups is 1. The maximum absolute atomic E-state index is 15.2. The highest BCUT2D eigenvalue weighted by atomic mass is 19.1. The Kier molecular flexibility index (Phi) is 7.40. The van der Waals surface area contributed by atoms with Crippen molar-refractivity contribution in [1.82, 2.24) is 14.0 Å². The number of carbonyl (C=O) groups excluding carboxylic acids is 2. The SMILES string of the molecule is CC(C)n1c(=O)n(CC2CC2)c(=O)c2cc(NC(=O)N3CCO[C@@H](C(=O)Nc4ccc(C#N)cc4)C3)c(F)cc21. The van der Waals surface area contributed by atoms with Crippen molar-refractivity contribution in [2.45, 2.75) is 45.4 Å². The molecule has 0 bridgehead atoms. The fraction of sp³-hybridized carbons (Fsp3) is 0.393. The van der Waals surface area contributed by atoms with Crippen LogP contribution in [0.3, 0.4) is 0 Å². The Hall–Kier alpha value is -4.50. The molecule has 2 fully saturated rings. The van der Waals surface area contributed by atoms with Crippen LogP contribution in [0.25, 0.3) is 10.9 Å². The van der Waals surface area contributed by atoms with Gasteiger partial charge in [0.05, 0.1) is 41.4 Å². The monoisotopic (exact) mass is 548 g/mol. The van der Waals surface area contributed by atoms with Crippen LogP contribution < -0.4 is 21.9 Å². The highest BCUT2D eigenvalue weighted by Crippen LogP contribution is 2.30. The van der Waals surface area contributed by atoms with E-state index < -0.39 is 35.1 Å². The molecule has 208 valence electrons. The number of morpholine rings is 1. The summed E-state index contributed by atoms with van der Waals surface area (Å²) in [7, 11) is 0. The number of fused-ring (bicyclic) bond motifs is 1. The third-order valence-electron chi connectivity index (χ3n) is 7.08. The van der Waals surface area contributed by atoms with E-state index >= 15 is 4.39 Å². The molecule has 2 aromatic carbocycles. The van der Waals surface area contributed by atoms with Gasteiger partial charge in [0, 0.05) is 30.9 Å². The van der Waals surface area contributed by atoms with Crippen LogP contribution in [-0.4, -0.2) is 51.8 Å². The summed E-state index contributed by atoms with van der Waals surface area (Å²) in [6.07, 6.45) is 0.928. The van der Waals surface area contributed by atoms with E-state index in [0.717, 1.165) is 18.9 Å². The zero-order valence-electron chi connectivity index (χ0n) is 22.1. The minimum absolute atomic E-state index is 0.0791. The van der Waals surface area contributed by atoms with Crippen LogP contribution in [0.15, 0.2) is 46.0 Å². The average molecular weight is 549 g/mol. The van der Waals surface area contributed by atoms with Crippen LogP contribution in [0.4, 0.5) is 20.6 Å². The standard InChI is InChI=1S/C28H29FN6O5/c1-16(2)35-23-12-21(29)22(11-20(23)26(37)34(28(35)39)14-18-3-4-18)32-27(38)33-9-10-40-24(15-33)25(36)31-19-7-5-17(13-30)6-8-19/h5-8,11-12,16,18,24H,3-4,9-10,14-15H2,1-2H3,(H,31,36)(H,32,38)/t24-/m1/s1. The summed E-state index contributed by atoms with van der Waals surface area (Å²) in [5.74, 6) is -0.995. The van der Waals surface area contributed by atoms with Gasteiger partial charge < -0.3 is 20.3 Å². The Labute approximate surface area is 228 Å². The molecule has 1 atom stereocenters. The predicted molar refractivity (Wildman–Crippen MR) is 146 cm³/mol. The van der Waals surface area contributed by atoms with E-state index in [1.807, 2.05) is 6.07 Å². The topological polar surface area (TPSA) is 138 Å². The number of anilines is 2. The number of ether oxygens (including phenoxy) is 1. The lowest BCUT2D eigenvalue weighted by Gasteiger charge is -2.32. The molecule has 1 aliphatic heterocycles. The molecule has 2 heterocycles. The molecular formula is C28H29FN6O5. The first-order chi connectivity index (χ1) is 19.2. The fourth-order valence-corrected chi connectivity index (χ4v) is 4.75. The number of aromatic nitrogens is 2. The molecule has 2 N–H and O–H groups in total. The van der Waals surface area contributed by atoms with Gasteiger partial charge in [-0.1, -0.05) is 0 Å². The number of hydrogen-bond acceptors (Lipinski definition) is 6. The Bertz CT molecular complexity index is 1630. The van der Waals surface area contributed by atoms with Crippen molar-refractivity contribution in [1.29, 1.82) is 5.26 Å². The number of carbonyl (C=O) groups is 2. The van der Waals surface area contributed by atoms with Crippen molar-refractivity contribution in [3.63, 3.8) is 0 Å². The molecule has 3 aromatic rings. The van der Waals surface area contributed by atoms with E-state index in [1.165, 1.54) is 20.1 Å². The van der Waals surface area contributed by atoms with Gasteiger partial charge in [-0.3, -0.25) is 18.7 Å². The fourth-order valence-electron chi connectivity index (χ4n) is 4.75. The van der Waals surface area contributed by atoms with Crippen molar-refractivity contribution >= 4 is 34.2 Å². The van der Waals surface area contributed by atoms with E-state index in [4.69, 9.17) is 10.00 Å². The second-order valence-electron chi connectivity index (χ2n) is 10.4. The number of hydrogen-bond donors (Lipinski definition) is 2. The molecule has 0 radical (unpaired) electrons. The summed E-state index contributed by atoms with van der Waals surface area (Å²) >= 11 is 0. The first-order valence-corrected chi connectivity index (χ1v) is 13.1. The van der Waals surface area contributed by atoms with Gasteiger partial charge in [0.2, 0.25) is 0 Å². The Morgan fingerprint density at radius 2 is 1.88 bits per heavy atom. The maximum Gasteiger partial charge on any atom is 0.331 e. The largest absolute Gasteiger partial charge is 0.365 e. The van der Waals surface area contributed by atoms with Crippen molar-refractivity contribution < 1.29 is 18.7 Å². The lowest BCUT2D eigenvalue weighted by atomic mass is 10.2. The molecule has 0 unspecified atom stereocenters. The summed E-state index contributed by atoms with van der Waals surface area (Å²) in [5.41, 5.74) is -0.117. The van der Waals surface area contributed by atoms with E-state index in [-0.39, 0.29) is 48.2 Å². The van der Waals surface area contributed by atoms with Crippen LogP contribution >= 0.6 is 0 Å². The molecule has 40 heavy (non-hydrogen) atoms. The van der Waals surface area contributed by atoms with Gasteiger partial charge in [-0.15, -0.1) is 0 Å². The van der Waals surface area contributed by atoms with Crippen LogP contribution in [-0.2, 0) is 16.1 Å². The van der Waals surface area contributed by atoms with Crippen molar-refractivity contribution in [2.75, 3.05) is 30.3 Å². The van der Waals surface area contributed by atoms with Crippen LogP contribution in [0.2, 0.25) is 0 Å². The molecule has 5 rings (SSSR count). The Balaban J connectivity index is 1.35. The summed E-state index contributed by atoms with van der Waals surface area (Å²) in [6.45, 7) is 4.05. The highest BCUT2D eigenvalue weighted by Gasteiger charge is 2.30. The third-order valence-corrected chi connectivity index (χ3v) is 7.08. The van der Waals surface area contributed by atoms with Gasteiger partial charge in [-0.2, -0.15) is 5.26 Å². The van der Waals surface area contributed by atoms with Gasteiger partial charge in [-0.05, 0) is 62.9 Å². The van der Waals surface area contributed by atoms with Crippen molar-refractivity contribution in [2.24, 2.45) is 5.92 Å². The van der Waals surface area contributed by atoms with E-state index in [1.54, 1.807) is 38.1 Å². The summed E-state index contributed by atoms with van der Waals surface area (Å²) in [6, 6.07) is 9.69. The minimum Gasteiger partial charge on any atom is -0.365 e. The van der Waals surface area contributed by atoms with Crippen molar-refractivity contribution in [3.05, 3.63) is 68.6 Å². The predicted octanol–water partition coefficient (Wildman–Crippen LogP) is 3.04. The zero-order valence-corrected chi connectivity index (χ0v) is 22.1. The molecule has 3 amide bonds. The van der Waals surface area contributed by atoms with Crippen molar-refractivity contribution in [3.8, 4) is 6.07 Å². The molecule has 1 saturated heterocycles. The maximum atomic E-state index is 15.2. The first-order valence-electron chi connectivity index (χ1n) is 13.1. The molecule has 0 spiro atoms. The first kappa shape index (κ1) is 27.1. The van der Waals surface area contributed by atoms with E-state index in [2.05, 4.69) is 10.6 Å². The van der Waals surface area contributed by atoms with Gasteiger partial charge >= 0.3 is 11.7 Å². The average Bonchev–Trinajstić information content (AvgIpc) is 3.76. The number of halogens is 1. The summed E-state index contributed by atoms with van der Waals surface area (Å²) in [5, 5.41) is 14.3. The normalized spacial score (nSPS) is 17.1. The molecule has 11 nitrogen and oxygen atoms in total. The highest BCUT2D eigenvalue weighted by molar-refractivity contribution is 5.96. The number of nitrogens with zero attached hydrogens (tertiary/aromatic N) is 4. The summed E-state index contributed by atoms with van der Waals surface area (Å²) < 4.78 is 23.3. The quantitative estimate of drug-likeness (QED) is 0.486. The molecule has 12 heteroatoms. The molecule has 2 aliphatic rings. The summed E-state index contributed by atoms with van der Waals surface area (Å²) in [4.78, 5) is 53.5. The lowest BCUT2D eigenvalue weighted by molar-refractivity contribution is -0.131. The molecule has 1 saturated carbocycles. The van der Waals surface area contributed by atoms with Crippen LogP contribution in [0.5, 0.6) is 0 Å². The lowest BCUT2D eigenvalue weighted by Crippen LogP contribution is -2.51. The second-order valence-corrected chi connectivity index (χ2v) is 10.4.